The summed E-state index contributed by atoms with van der Waals surface area (Å²) in [4.78, 5) is 0. The number of aliphatic hydroxyl groups is 1. The number of hydrogen-bond acceptors (Lipinski definition) is 3. The molecule has 3 N–H and O–H groups in total. The summed E-state index contributed by atoms with van der Waals surface area (Å²) in [6.45, 7) is 12.2. The van der Waals surface area contributed by atoms with Gasteiger partial charge in [0.2, 0.25) is 0 Å². The van der Waals surface area contributed by atoms with Crippen LogP contribution in [0, 0.1) is 5.92 Å². The first kappa shape index (κ1) is 14.9. The largest absolute Gasteiger partial charge is 0.388 e. The van der Waals surface area contributed by atoms with E-state index >= 15 is 0 Å². The van der Waals surface area contributed by atoms with Gasteiger partial charge in [-0.15, -0.1) is 0 Å². The van der Waals surface area contributed by atoms with Crippen LogP contribution < -0.4 is 5.73 Å². The second-order valence-electron chi connectivity index (χ2n) is 5.85. The van der Waals surface area contributed by atoms with Crippen molar-refractivity contribution in [2.75, 3.05) is 6.54 Å². The highest BCUT2D eigenvalue weighted by molar-refractivity contribution is 4.83. The maximum Gasteiger partial charge on any atom is 0.0866 e. The highest BCUT2D eigenvalue weighted by Gasteiger charge is 2.33. The fraction of sp³-hybridized carbons (Fsp3) is 1.00. The monoisotopic (exact) mass is 217 g/mol. The maximum absolute atomic E-state index is 10.0. The van der Waals surface area contributed by atoms with Crippen LogP contribution in [0.25, 0.3) is 0 Å². The van der Waals surface area contributed by atoms with E-state index in [-0.39, 0.29) is 11.7 Å². The fourth-order valence-corrected chi connectivity index (χ4v) is 1.34. The van der Waals surface area contributed by atoms with Crippen molar-refractivity contribution in [2.24, 2.45) is 11.7 Å². The normalized spacial score (nSPS) is 15.8. The minimum atomic E-state index is -0.823. The van der Waals surface area contributed by atoms with E-state index in [1.165, 1.54) is 0 Å². The standard InChI is InChI=1S/C12H27NO2/c1-9(2)7-10(12(5,6)14)15-11(3,4)8-13/h9-10,14H,7-8,13H2,1-6H3. The van der Waals surface area contributed by atoms with Crippen LogP contribution in [0.5, 0.6) is 0 Å². The molecule has 1 atom stereocenters. The highest BCUT2D eigenvalue weighted by atomic mass is 16.5. The molecule has 1 unspecified atom stereocenters. The molecule has 0 saturated heterocycles. The van der Waals surface area contributed by atoms with Gasteiger partial charge < -0.3 is 15.6 Å². The Labute approximate surface area is 94.0 Å². The summed E-state index contributed by atoms with van der Waals surface area (Å²) in [7, 11) is 0. The van der Waals surface area contributed by atoms with E-state index in [9.17, 15) is 5.11 Å². The van der Waals surface area contributed by atoms with E-state index in [1.807, 2.05) is 13.8 Å². The van der Waals surface area contributed by atoms with Crippen LogP contribution >= 0.6 is 0 Å². The van der Waals surface area contributed by atoms with Crippen molar-refractivity contribution in [1.29, 1.82) is 0 Å². The molecule has 0 aromatic rings. The molecular formula is C12H27NO2. The summed E-state index contributed by atoms with van der Waals surface area (Å²) in [5.74, 6) is 0.495. The lowest BCUT2D eigenvalue weighted by molar-refractivity contribution is -0.153. The van der Waals surface area contributed by atoms with Gasteiger partial charge in [-0.05, 0) is 40.0 Å². The van der Waals surface area contributed by atoms with Crippen molar-refractivity contribution < 1.29 is 9.84 Å². The number of nitrogens with two attached hydrogens (primary N) is 1. The Kier molecular flexibility index (Phi) is 5.24. The average molecular weight is 217 g/mol. The molecule has 15 heavy (non-hydrogen) atoms. The molecule has 3 nitrogen and oxygen atoms in total. The Morgan fingerprint density at radius 3 is 1.93 bits per heavy atom. The number of hydrogen-bond donors (Lipinski definition) is 2. The van der Waals surface area contributed by atoms with Crippen LogP contribution in [0.15, 0.2) is 0 Å². The Morgan fingerprint density at radius 2 is 1.67 bits per heavy atom. The highest BCUT2D eigenvalue weighted by Crippen LogP contribution is 2.24. The van der Waals surface area contributed by atoms with Gasteiger partial charge in [0.1, 0.15) is 0 Å². The molecule has 0 aromatic carbocycles. The molecule has 0 saturated carbocycles. The predicted octanol–water partition coefficient (Wildman–Crippen LogP) is 1.93. The third kappa shape index (κ3) is 6.13. The van der Waals surface area contributed by atoms with E-state index in [0.29, 0.717) is 12.5 Å². The molecule has 0 aliphatic rings. The van der Waals surface area contributed by atoms with Crippen molar-refractivity contribution in [1.82, 2.24) is 0 Å². The second-order valence-corrected chi connectivity index (χ2v) is 5.85. The molecule has 0 radical (unpaired) electrons. The van der Waals surface area contributed by atoms with E-state index in [1.54, 1.807) is 13.8 Å². The molecule has 0 spiro atoms. The van der Waals surface area contributed by atoms with Crippen molar-refractivity contribution >= 4 is 0 Å². The van der Waals surface area contributed by atoms with Crippen molar-refractivity contribution in [3.05, 3.63) is 0 Å². The molecule has 92 valence electrons. The number of ether oxygens (including phenoxy) is 1. The lowest BCUT2D eigenvalue weighted by Crippen LogP contribution is -2.47. The summed E-state index contributed by atoms with van der Waals surface area (Å²) in [6.07, 6.45) is 0.670. The third-order valence-corrected chi connectivity index (χ3v) is 2.43. The van der Waals surface area contributed by atoms with Gasteiger partial charge in [0, 0.05) is 6.54 Å². The van der Waals surface area contributed by atoms with Crippen LogP contribution in [0.1, 0.15) is 48.0 Å². The van der Waals surface area contributed by atoms with Gasteiger partial charge in [0.15, 0.2) is 0 Å². The van der Waals surface area contributed by atoms with Gasteiger partial charge in [-0.25, -0.2) is 0 Å². The van der Waals surface area contributed by atoms with Crippen molar-refractivity contribution in [2.45, 2.75) is 65.3 Å². The Hall–Kier alpha value is -0.120. The fourth-order valence-electron chi connectivity index (χ4n) is 1.34. The molecule has 3 heteroatoms. The van der Waals surface area contributed by atoms with Crippen LogP contribution in [0.2, 0.25) is 0 Å². The minimum Gasteiger partial charge on any atom is -0.388 e. The topological polar surface area (TPSA) is 55.5 Å². The molecule has 0 bridgehead atoms. The summed E-state index contributed by atoms with van der Waals surface area (Å²) in [5, 5.41) is 10.0. The van der Waals surface area contributed by atoms with Gasteiger partial charge in [0.05, 0.1) is 17.3 Å². The minimum absolute atomic E-state index is 0.170. The van der Waals surface area contributed by atoms with E-state index in [4.69, 9.17) is 10.5 Å². The molecule has 0 rings (SSSR count). The molecule has 0 aliphatic carbocycles. The zero-order valence-corrected chi connectivity index (χ0v) is 11.0. The van der Waals surface area contributed by atoms with E-state index in [0.717, 1.165) is 6.42 Å². The van der Waals surface area contributed by atoms with Crippen LogP contribution in [-0.4, -0.2) is 29.0 Å². The van der Waals surface area contributed by atoms with E-state index < -0.39 is 5.60 Å². The molecular weight excluding hydrogens is 190 g/mol. The summed E-state index contributed by atoms with van der Waals surface area (Å²) in [6, 6.07) is 0. The summed E-state index contributed by atoms with van der Waals surface area (Å²) >= 11 is 0. The maximum atomic E-state index is 10.0. The quantitative estimate of drug-likeness (QED) is 0.714. The first-order valence-electron chi connectivity index (χ1n) is 5.69. The van der Waals surface area contributed by atoms with E-state index in [2.05, 4.69) is 13.8 Å². The Balaban J connectivity index is 4.52. The van der Waals surface area contributed by atoms with Gasteiger partial charge >= 0.3 is 0 Å². The number of rotatable bonds is 6. The van der Waals surface area contributed by atoms with Crippen molar-refractivity contribution in [3.8, 4) is 0 Å². The first-order valence-corrected chi connectivity index (χ1v) is 5.69. The van der Waals surface area contributed by atoms with Crippen molar-refractivity contribution in [3.63, 3.8) is 0 Å². The SMILES string of the molecule is CC(C)CC(OC(C)(C)CN)C(C)(C)O. The molecule has 0 heterocycles. The second kappa shape index (κ2) is 5.28. The summed E-state index contributed by atoms with van der Waals surface area (Å²) < 4.78 is 5.89. The molecule has 0 aliphatic heterocycles. The lowest BCUT2D eigenvalue weighted by Gasteiger charge is -2.37. The lowest BCUT2D eigenvalue weighted by atomic mass is 9.92. The average Bonchev–Trinajstić information content (AvgIpc) is 2.00. The van der Waals surface area contributed by atoms with Gasteiger partial charge in [0.25, 0.3) is 0 Å². The summed E-state index contributed by atoms with van der Waals surface area (Å²) in [5.41, 5.74) is 4.42. The van der Waals surface area contributed by atoms with Crippen LogP contribution in [0.4, 0.5) is 0 Å². The third-order valence-electron chi connectivity index (χ3n) is 2.43. The Morgan fingerprint density at radius 1 is 1.20 bits per heavy atom. The van der Waals surface area contributed by atoms with Crippen LogP contribution in [-0.2, 0) is 4.74 Å². The van der Waals surface area contributed by atoms with Gasteiger partial charge in [-0.1, -0.05) is 13.8 Å². The zero-order chi connectivity index (χ0) is 12.3. The molecule has 0 fully saturated rings. The molecule has 0 aromatic heterocycles. The zero-order valence-electron chi connectivity index (χ0n) is 11.0. The molecule has 0 amide bonds. The Bertz CT molecular complexity index is 183. The first-order chi connectivity index (χ1) is 6.58. The predicted molar refractivity (Wildman–Crippen MR) is 63.8 cm³/mol. The van der Waals surface area contributed by atoms with Crippen LogP contribution in [0.3, 0.4) is 0 Å². The van der Waals surface area contributed by atoms with Gasteiger partial charge in [-0.2, -0.15) is 0 Å². The van der Waals surface area contributed by atoms with Gasteiger partial charge in [-0.3, -0.25) is 0 Å². The smallest absolute Gasteiger partial charge is 0.0866 e.